The Morgan fingerprint density at radius 3 is 2.48 bits per heavy atom. The summed E-state index contributed by atoms with van der Waals surface area (Å²) in [6.07, 6.45) is 5.23. The van der Waals surface area contributed by atoms with E-state index in [1.807, 2.05) is 26.0 Å². The van der Waals surface area contributed by atoms with E-state index in [0.717, 1.165) is 55.5 Å². The van der Waals surface area contributed by atoms with Crippen molar-refractivity contribution < 1.29 is 4.74 Å². The average Bonchev–Trinajstić information content (AvgIpc) is 3.03. The maximum Gasteiger partial charge on any atom is 0.119 e. The Balaban J connectivity index is 1.94. The van der Waals surface area contributed by atoms with E-state index in [4.69, 9.17) is 4.74 Å². The summed E-state index contributed by atoms with van der Waals surface area (Å²) in [6, 6.07) is 8.22. The number of hydrogen-bond acceptors (Lipinski definition) is 3. The summed E-state index contributed by atoms with van der Waals surface area (Å²) in [5.41, 5.74) is 3.29. The monoisotopic (exact) mass is 341 g/mol. The molecule has 2 aromatic rings. The molecule has 0 unspecified atom stereocenters. The first-order valence-corrected chi connectivity index (χ1v) is 9.23. The van der Waals surface area contributed by atoms with Gasteiger partial charge in [-0.05, 0) is 64.5 Å². The van der Waals surface area contributed by atoms with Crippen LogP contribution in [0.2, 0.25) is 0 Å². The third-order valence-electron chi connectivity index (χ3n) is 4.61. The van der Waals surface area contributed by atoms with E-state index in [2.05, 4.69) is 59.6 Å². The Hall–Kier alpha value is -2.07. The molecular formula is C21H31N3O. The number of aryl methyl sites for hydroxylation is 1. The van der Waals surface area contributed by atoms with Crippen molar-refractivity contribution in [2.24, 2.45) is 0 Å². The molecule has 2 rings (SSSR count). The van der Waals surface area contributed by atoms with Gasteiger partial charge in [-0.3, -0.25) is 0 Å². The van der Waals surface area contributed by atoms with Crippen LogP contribution in [0.1, 0.15) is 39.9 Å². The average molecular weight is 341 g/mol. The van der Waals surface area contributed by atoms with E-state index in [1.54, 1.807) is 0 Å². The second kappa shape index (κ2) is 9.42. The molecule has 0 aliphatic rings. The molecule has 1 aromatic carbocycles. The first kappa shape index (κ1) is 19.3. The largest absolute Gasteiger partial charge is 0.494 e. The van der Waals surface area contributed by atoms with E-state index in [-0.39, 0.29) is 0 Å². The second-order valence-electron chi connectivity index (χ2n) is 6.23. The molecule has 0 saturated carbocycles. The maximum atomic E-state index is 5.86. The van der Waals surface area contributed by atoms with Gasteiger partial charge in [-0.15, -0.1) is 0 Å². The highest BCUT2D eigenvalue weighted by Crippen LogP contribution is 2.23. The summed E-state index contributed by atoms with van der Waals surface area (Å²) in [7, 11) is 0. The van der Waals surface area contributed by atoms with E-state index < -0.39 is 0 Å². The lowest BCUT2D eigenvalue weighted by molar-refractivity contribution is 0.249. The maximum absolute atomic E-state index is 5.86. The highest BCUT2D eigenvalue weighted by molar-refractivity contribution is 5.61. The second-order valence-corrected chi connectivity index (χ2v) is 6.23. The predicted octanol–water partition coefficient (Wildman–Crippen LogP) is 4.85. The van der Waals surface area contributed by atoms with Crippen molar-refractivity contribution in [1.29, 1.82) is 0 Å². The van der Waals surface area contributed by atoms with Crippen LogP contribution in [-0.4, -0.2) is 40.7 Å². The molecule has 0 fully saturated rings. The van der Waals surface area contributed by atoms with Crippen molar-refractivity contribution >= 4 is 5.70 Å². The minimum atomic E-state index is 0.754. The molecule has 4 heteroatoms. The lowest BCUT2D eigenvalue weighted by Gasteiger charge is -2.17. The Kier molecular flexibility index (Phi) is 7.26. The van der Waals surface area contributed by atoms with Crippen LogP contribution in [-0.2, 0) is 0 Å². The fraction of sp³-hybridized carbons (Fsp3) is 0.476. The zero-order chi connectivity index (χ0) is 18.2. The molecule has 0 N–H and O–H groups in total. The number of hydrogen-bond donors (Lipinski definition) is 0. The van der Waals surface area contributed by atoms with Crippen molar-refractivity contribution in [3.8, 4) is 17.0 Å². The summed E-state index contributed by atoms with van der Waals surface area (Å²) in [5, 5.41) is 0. The molecule has 4 nitrogen and oxygen atoms in total. The molecule has 1 heterocycles. The highest BCUT2D eigenvalue weighted by atomic mass is 16.5. The smallest absolute Gasteiger partial charge is 0.119 e. The SMILES string of the molecule is C/C=C(\C)n1cc(-c2ccc(OCCCN(CC)CC)cc2)nc1C. The number of imidazole rings is 1. The van der Waals surface area contributed by atoms with Gasteiger partial charge < -0.3 is 14.2 Å². The standard InChI is InChI=1S/C21H31N3O/c1-6-17(4)24-16-21(22-18(24)5)19-10-12-20(13-11-19)25-15-9-14-23(7-2)8-3/h6,10-13,16H,7-9,14-15H2,1-5H3/b17-6+. The molecule has 0 aliphatic heterocycles. The van der Waals surface area contributed by atoms with Gasteiger partial charge in [0.25, 0.3) is 0 Å². The minimum absolute atomic E-state index is 0.754. The third-order valence-corrected chi connectivity index (χ3v) is 4.61. The Morgan fingerprint density at radius 2 is 1.88 bits per heavy atom. The van der Waals surface area contributed by atoms with Crippen molar-refractivity contribution in [2.45, 2.75) is 41.0 Å². The van der Waals surface area contributed by atoms with Gasteiger partial charge >= 0.3 is 0 Å². The van der Waals surface area contributed by atoms with Gasteiger partial charge in [-0.25, -0.2) is 4.98 Å². The van der Waals surface area contributed by atoms with Crippen molar-refractivity contribution in [1.82, 2.24) is 14.5 Å². The van der Waals surface area contributed by atoms with Crippen LogP contribution < -0.4 is 4.74 Å². The van der Waals surface area contributed by atoms with E-state index in [1.165, 1.54) is 5.70 Å². The van der Waals surface area contributed by atoms with Gasteiger partial charge in [0, 0.05) is 24.0 Å². The van der Waals surface area contributed by atoms with Gasteiger partial charge in [0.05, 0.1) is 12.3 Å². The number of rotatable bonds is 9. The van der Waals surface area contributed by atoms with Crippen molar-refractivity contribution in [3.63, 3.8) is 0 Å². The molecule has 25 heavy (non-hydrogen) atoms. The number of allylic oxidation sites excluding steroid dienone is 2. The molecule has 0 aliphatic carbocycles. The minimum Gasteiger partial charge on any atom is -0.494 e. The van der Waals surface area contributed by atoms with Crippen molar-refractivity contribution in [3.05, 3.63) is 42.4 Å². The van der Waals surface area contributed by atoms with Crippen molar-refractivity contribution in [2.75, 3.05) is 26.2 Å². The summed E-state index contributed by atoms with van der Waals surface area (Å²) < 4.78 is 7.98. The molecule has 0 radical (unpaired) electrons. The van der Waals surface area contributed by atoms with Gasteiger partial charge in [0.2, 0.25) is 0 Å². The van der Waals surface area contributed by atoms with Crippen LogP contribution in [0.4, 0.5) is 0 Å². The number of benzene rings is 1. The van der Waals surface area contributed by atoms with Crippen LogP contribution in [0.25, 0.3) is 17.0 Å². The Morgan fingerprint density at radius 1 is 1.20 bits per heavy atom. The normalized spacial score (nSPS) is 12.0. The molecule has 1 aromatic heterocycles. The zero-order valence-electron chi connectivity index (χ0n) is 16.2. The first-order valence-electron chi connectivity index (χ1n) is 9.23. The van der Waals surface area contributed by atoms with Crippen LogP contribution in [0.15, 0.2) is 36.5 Å². The molecule has 0 amide bonds. The fourth-order valence-electron chi connectivity index (χ4n) is 2.85. The number of aromatic nitrogens is 2. The topological polar surface area (TPSA) is 30.3 Å². The first-order chi connectivity index (χ1) is 12.1. The van der Waals surface area contributed by atoms with Crippen LogP contribution >= 0.6 is 0 Å². The Bertz CT molecular complexity index is 682. The zero-order valence-corrected chi connectivity index (χ0v) is 16.2. The molecular weight excluding hydrogens is 310 g/mol. The summed E-state index contributed by atoms with van der Waals surface area (Å²) >= 11 is 0. The number of ether oxygens (including phenoxy) is 1. The van der Waals surface area contributed by atoms with E-state index in [0.29, 0.717) is 0 Å². The Labute approximate surface area is 152 Å². The van der Waals surface area contributed by atoms with Crippen LogP contribution in [0.5, 0.6) is 5.75 Å². The summed E-state index contributed by atoms with van der Waals surface area (Å²) in [4.78, 5) is 7.08. The van der Waals surface area contributed by atoms with E-state index >= 15 is 0 Å². The summed E-state index contributed by atoms with van der Waals surface area (Å²) in [6.45, 7) is 14.6. The molecule has 0 saturated heterocycles. The predicted molar refractivity (Wildman–Crippen MR) is 106 cm³/mol. The fourth-order valence-corrected chi connectivity index (χ4v) is 2.85. The van der Waals surface area contributed by atoms with Crippen LogP contribution in [0, 0.1) is 6.92 Å². The highest BCUT2D eigenvalue weighted by Gasteiger charge is 2.07. The molecule has 0 spiro atoms. The number of nitrogens with zero attached hydrogens (tertiary/aromatic N) is 3. The molecule has 0 atom stereocenters. The third kappa shape index (κ3) is 5.20. The van der Waals surface area contributed by atoms with Crippen LogP contribution in [0.3, 0.4) is 0 Å². The van der Waals surface area contributed by atoms with Gasteiger partial charge in [-0.1, -0.05) is 19.9 Å². The lowest BCUT2D eigenvalue weighted by Crippen LogP contribution is -2.25. The molecule has 0 bridgehead atoms. The van der Waals surface area contributed by atoms with Gasteiger partial charge in [0.1, 0.15) is 11.6 Å². The molecule has 136 valence electrons. The van der Waals surface area contributed by atoms with Gasteiger partial charge in [-0.2, -0.15) is 0 Å². The lowest BCUT2D eigenvalue weighted by atomic mass is 10.1. The quantitative estimate of drug-likeness (QED) is 0.611. The van der Waals surface area contributed by atoms with E-state index in [9.17, 15) is 0 Å². The summed E-state index contributed by atoms with van der Waals surface area (Å²) in [5.74, 6) is 1.92. The van der Waals surface area contributed by atoms with Gasteiger partial charge in [0.15, 0.2) is 0 Å².